The highest BCUT2D eigenvalue weighted by Gasteiger charge is 1.90. The second-order valence-electron chi connectivity index (χ2n) is 1.81. The van der Waals surface area contributed by atoms with Crippen LogP contribution in [0.4, 0.5) is 4.70 Å². The van der Waals surface area contributed by atoms with Gasteiger partial charge in [-0.25, -0.2) is 4.21 Å². The molecule has 0 aromatic carbocycles. The Balaban J connectivity index is -0.0000000408. The first-order valence-electron chi connectivity index (χ1n) is 2.36. The second kappa shape index (κ2) is 9.89. The molecular weight excluding hydrogens is 180 g/mol. The van der Waals surface area contributed by atoms with Crippen molar-refractivity contribution < 1.29 is 24.3 Å². The van der Waals surface area contributed by atoms with Crippen molar-refractivity contribution in [2.24, 2.45) is 0 Å². The molecule has 4 nitrogen and oxygen atoms in total. The molecule has 0 saturated heterocycles. The lowest BCUT2D eigenvalue weighted by Gasteiger charge is -2.16. The van der Waals surface area contributed by atoms with E-state index in [0.29, 0.717) is 0 Å². The molecule has 0 aliphatic carbocycles. The fraction of sp³-hybridized carbons (Fsp3) is 1.00. The lowest BCUT2D eigenvalue weighted by Crippen LogP contribution is -3.00. The minimum Gasteiger partial charge on any atom is -1.00 e. The zero-order chi connectivity index (χ0) is 6.62. The highest BCUT2D eigenvalue weighted by atomic mass is 32.3. The van der Waals surface area contributed by atoms with E-state index in [-0.39, 0.29) is 30.2 Å². The van der Waals surface area contributed by atoms with E-state index in [1.807, 2.05) is 0 Å². The minimum atomic E-state index is -2.34. The molecule has 0 unspecified atom stereocenters. The molecule has 76 valence electrons. The van der Waals surface area contributed by atoms with Gasteiger partial charge in [0.25, 0.3) is 0 Å². The standard InChI is InChI=1S/C4H12O3S.2FH.H3N/c1-8(2,6)7-4-3-5;;;/h5,8H,3-4H2,1-2H3;2*1H;1H3. The molecule has 0 radical (unpaired) electrons. The van der Waals surface area contributed by atoms with Gasteiger partial charge >= 0.3 is 1.43 Å². The molecule has 0 heterocycles. The quantitative estimate of drug-likeness (QED) is 0.412. The van der Waals surface area contributed by atoms with Gasteiger partial charge in [-0.3, -0.25) is 8.89 Å². The van der Waals surface area contributed by atoms with E-state index in [1.165, 1.54) is 12.5 Å². The highest BCUT2D eigenvalue weighted by Crippen LogP contribution is 1.92. The fourth-order valence-corrected chi connectivity index (χ4v) is 0.782. The van der Waals surface area contributed by atoms with Crippen LogP contribution < -0.4 is 10.9 Å². The molecule has 0 atom stereocenters. The molecular formula is C4H17F2NO3S. The predicted molar refractivity (Wildman–Crippen MR) is 43.1 cm³/mol. The van der Waals surface area contributed by atoms with Crippen LogP contribution in [0.5, 0.6) is 0 Å². The molecule has 11 heavy (non-hydrogen) atoms. The van der Waals surface area contributed by atoms with E-state index in [4.69, 9.17) is 5.11 Å². The Morgan fingerprint density at radius 2 is 1.91 bits per heavy atom. The summed E-state index contributed by atoms with van der Waals surface area (Å²) in [6.45, 7) is 0.107. The Morgan fingerprint density at radius 1 is 1.55 bits per heavy atom. The van der Waals surface area contributed by atoms with E-state index in [1.54, 1.807) is 0 Å². The summed E-state index contributed by atoms with van der Waals surface area (Å²) in [5.74, 6) is 0. The summed E-state index contributed by atoms with van der Waals surface area (Å²) < 4.78 is 15.3. The number of aliphatic hydroxyl groups excluding tert-OH is 1. The maximum Gasteiger partial charge on any atom is 1.00 e. The van der Waals surface area contributed by atoms with E-state index in [2.05, 4.69) is 4.18 Å². The van der Waals surface area contributed by atoms with Crippen molar-refractivity contribution >= 4 is 10.2 Å². The summed E-state index contributed by atoms with van der Waals surface area (Å²) in [6.07, 6.45) is 3.03. The van der Waals surface area contributed by atoms with E-state index < -0.39 is 10.2 Å². The Kier molecular flexibility index (Phi) is 20.2. The topological polar surface area (TPSA) is 81.5 Å². The molecule has 0 amide bonds. The van der Waals surface area contributed by atoms with Crippen molar-refractivity contribution in [2.45, 2.75) is 0 Å². The molecule has 7 heteroatoms. The van der Waals surface area contributed by atoms with Gasteiger partial charge in [0.05, 0.1) is 13.2 Å². The Hall–Kier alpha value is -0.110. The smallest absolute Gasteiger partial charge is 1.00 e. The van der Waals surface area contributed by atoms with E-state index in [9.17, 15) is 4.21 Å². The van der Waals surface area contributed by atoms with E-state index >= 15 is 0 Å². The molecule has 0 fully saturated rings. The van der Waals surface area contributed by atoms with E-state index in [0.717, 1.165) is 0 Å². The molecule has 0 aromatic heterocycles. The van der Waals surface area contributed by atoms with Gasteiger partial charge in [0.2, 0.25) is 0 Å². The van der Waals surface area contributed by atoms with Gasteiger partial charge in [0, 0.05) is 12.5 Å². The number of halogens is 2. The van der Waals surface area contributed by atoms with Crippen molar-refractivity contribution in [1.82, 2.24) is 6.15 Å². The third-order valence-corrected chi connectivity index (χ3v) is 1.30. The average Bonchev–Trinajstić information content (AvgIpc) is 1.59. The van der Waals surface area contributed by atoms with Crippen LogP contribution in [0.1, 0.15) is 1.43 Å². The number of rotatable bonds is 3. The van der Waals surface area contributed by atoms with Gasteiger partial charge in [-0.2, -0.15) is 10.2 Å². The first-order chi connectivity index (χ1) is 3.56. The summed E-state index contributed by atoms with van der Waals surface area (Å²) in [5.41, 5.74) is 0. The minimum absolute atomic E-state index is 0. The first kappa shape index (κ1) is 22.4. The molecule has 0 saturated carbocycles. The lowest BCUT2D eigenvalue weighted by atomic mass is 10.8. The SMILES string of the molecule is C[SH](C)(=O)OCCO.F.N.[F-].[H+]. The van der Waals surface area contributed by atoms with Gasteiger partial charge in [0.1, 0.15) is 0 Å². The Labute approximate surface area is 67.4 Å². The monoisotopic (exact) mass is 197 g/mol. The maximum absolute atomic E-state index is 10.6. The lowest BCUT2D eigenvalue weighted by molar-refractivity contribution is -0.00000600. The Morgan fingerprint density at radius 3 is 2.00 bits per heavy atom. The Bertz CT molecular complexity index is 112. The molecule has 0 aromatic rings. The van der Waals surface area contributed by atoms with Gasteiger partial charge in [-0.15, -0.1) is 0 Å². The van der Waals surface area contributed by atoms with Crippen LogP contribution in [0.2, 0.25) is 0 Å². The largest absolute Gasteiger partial charge is 1.00 e. The summed E-state index contributed by atoms with van der Waals surface area (Å²) in [7, 11) is -2.34. The highest BCUT2D eigenvalue weighted by molar-refractivity contribution is 7.97. The number of hydrogen-bond acceptors (Lipinski definition) is 4. The normalized spacial score (nSPS) is 10.1. The zero-order valence-electron chi connectivity index (χ0n) is 7.62. The molecule has 0 bridgehead atoms. The van der Waals surface area contributed by atoms with Crippen LogP contribution in [0.15, 0.2) is 0 Å². The average molecular weight is 197 g/mol. The fourth-order valence-electron chi connectivity index (χ4n) is 0.261. The molecule has 0 spiro atoms. The zero-order valence-corrected chi connectivity index (χ0v) is 7.51. The summed E-state index contributed by atoms with van der Waals surface area (Å²) in [6, 6.07) is 0. The number of thiol groups is 1. The van der Waals surface area contributed by atoms with Gasteiger partial charge < -0.3 is 16.0 Å². The van der Waals surface area contributed by atoms with Crippen LogP contribution in [0.25, 0.3) is 0 Å². The molecule has 0 aliphatic heterocycles. The third kappa shape index (κ3) is 25.7. The maximum atomic E-state index is 10.6. The molecule has 0 rings (SSSR count). The van der Waals surface area contributed by atoms with Crippen LogP contribution >= 0.6 is 0 Å². The summed E-state index contributed by atoms with van der Waals surface area (Å²) >= 11 is 0. The van der Waals surface area contributed by atoms with Gasteiger partial charge in [0.15, 0.2) is 0 Å². The number of hydrogen-bond donors (Lipinski definition) is 3. The van der Waals surface area contributed by atoms with Gasteiger partial charge in [-0.05, 0) is 0 Å². The van der Waals surface area contributed by atoms with Gasteiger partial charge in [-0.1, -0.05) is 0 Å². The number of aliphatic hydroxyl groups is 1. The van der Waals surface area contributed by atoms with Crippen LogP contribution in [0, 0.1) is 0 Å². The molecule has 4 N–H and O–H groups in total. The second-order valence-corrected chi connectivity index (χ2v) is 4.57. The van der Waals surface area contributed by atoms with Crippen molar-refractivity contribution in [3.63, 3.8) is 0 Å². The van der Waals surface area contributed by atoms with Crippen molar-refractivity contribution in [2.75, 3.05) is 25.7 Å². The van der Waals surface area contributed by atoms with Crippen molar-refractivity contribution in [3.8, 4) is 0 Å². The summed E-state index contributed by atoms with van der Waals surface area (Å²) in [4.78, 5) is 0. The third-order valence-electron chi connectivity index (χ3n) is 0.493. The first-order valence-corrected chi connectivity index (χ1v) is 4.88. The molecule has 0 aliphatic rings. The van der Waals surface area contributed by atoms with Crippen LogP contribution in [-0.2, 0) is 14.4 Å². The predicted octanol–water partition coefficient (Wildman–Crippen LogP) is -3.38. The van der Waals surface area contributed by atoms with Crippen LogP contribution in [-0.4, -0.2) is 35.0 Å². The van der Waals surface area contributed by atoms with Crippen LogP contribution in [0.3, 0.4) is 0 Å². The van der Waals surface area contributed by atoms with Crippen molar-refractivity contribution in [1.29, 1.82) is 0 Å². The van der Waals surface area contributed by atoms with Crippen molar-refractivity contribution in [3.05, 3.63) is 0 Å². The summed E-state index contributed by atoms with van der Waals surface area (Å²) in [5, 5.41) is 8.18.